The van der Waals surface area contributed by atoms with E-state index in [4.69, 9.17) is 9.72 Å². The summed E-state index contributed by atoms with van der Waals surface area (Å²) < 4.78 is 11.4. The lowest BCUT2D eigenvalue weighted by Gasteiger charge is -2.33. The van der Waals surface area contributed by atoms with Crippen LogP contribution in [0.3, 0.4) is 0 Å². The monoisotopic (exact) mass is 623 g/mol. The van der Waals surface area contributed by atoms with Crippen LogP contribution in [0.5, 0.6) is 11.5 Å². The smallest absolute Gasteiger partial charge is 0.145 e. The molecular formula is C42H33N5O. The fourth-order valence-electron chi connectivity index (χ4n) is 7.65. The van der Waals surface area contributed by atoms with Gasteiger partial charge in [0.15, 0.2) is 0 Å². The van der Waals surface area contributed by atoms with Gasteiger partial charge in [0.25, 0.3) is 0 Å². The number of nitrogens with zero attached hydrogens (tertiary/aromatic N) is 5. The number of ether oxygens (including phenoxy) is 1. The molecular weight excluding hydrogens is 590 g/mol. The normalized spacial score (nSPS) is 13.9. The summed E-state index contributed by atoms with van der Waals surface area (Å²) in [5, 5.41) is 7.10. The van der Waals surface area contributed by atoms with E-state index in [-0.39, 0.29) is 5.54 Å². The maximum Gasteiger partial charge on any atom is 0.145 e. The van der Waals surface area contributed by atoms with E-state index in [1.165, 1.54) is 32.6 Å². The highest BCUT2D eigenvalue weighted by Crippen LogP contribution is 2.41. The largest absolute Gasteiger partial charge is 0.457 e. The lowest BCUT2D eigenvalue weighted by Crippen LogP contribution is -2.39. The Balaban J connectivity index is 1.22. The molecule has 10 rings (SSSR count). The molecule has 0 unspecified atom stereocenters. The number of fused-ring (bicyclic) bond motifs is 10. The number of pyridine rings is 1. The Morgan fingerprint density at radius 1 is 0.562 bits per heavy atom. The summed E-state index contributed by atoms with van der Waals surface area (Å²) in [6.07, 6.45) is 6.20. The molecule has 5 heterocycles. The second-order valence-electron chi connectivity index (χ2n) is 13.8. The van der Waals surface area contributed by atoms with Gasteiger partial charge in [0.1, 0.15) is 17.1 Å². The summed E-state index contributed by atoms with van der Waals surface area (Å²) in [7, 11) is 0. The molecule has 0 bridgehead atoms. The van der Waals surface area contributed by atoms with E-state index in [9.17, 15) is 0 Å². The van der Waals surface area contributed by atoms with Gasteiger partial charge in [0, 0.05) is 74.3 Å². The molecule has 5 aromatic carbocycles. The number of benzene rings is 5. The van der Waals surface area contributed by atoms with Crippen molar-refractivity contribution < 1.29 is 4.74 Å². The minimum atomic E-state index is 0.0591. The molecule has 0 N–H and O–H groups in total. The van der Waals surface area contributed by atoms with E-state index >= 15 is 0 Å². The molecule has 48 heavy (non-hydrogen) atoms. The highest BCUT2D eigenvalue weighted by Gasteiger charge is 2.24. The zero-order chi connectivity index (χ0) is 32.1. The van der Waals surface area contributed by atoms with Gasteiger partial charge in [-0.2, -0.15) is 0 Å². The van der Waals surface area contributed by atoms with Crippen molar-refractivity contribution in [3.8, 4) is 11.5 Å². The Labute approximate surface area is 277 Å². The van der Waals surface area contributed by atoms with Crippen molar-refractivity contribution in [3.63, 3.8) is 0 Å². The first kappa shape index (κ1) is 27.1. The third-order valence-electron chi connectivity index (χ3n) is 9.94. The van der Waals surface area contributed by atoms with Crippen molar-refractivity contribution in [1.29, 1.82) is 0 Å². The summed E-state index contributed by atoms with van der Waals surface area (Å²) in [4.78, 5) is 9.66. The van der Waals surface area contributed by atoms with Crippen molar-refractivity contribution in [1.82, 2.24) is 18.7 Å². The van der Waals surface area contributed by atoms with Crippen LogP contribution in [0.15, 0.2) is 134 Å². The molecule has 0 fully saturated rings. The second-order valence-corrected chi connectivity index (χ2v) is 13.8. The molecule has 0 saturated heterocycles. The third-order valence-corrected chi connectivity index (χ3v) is 9.94. The number of aromatic nitrogens is 3. The molecule has 0 amide bonds. The van der Waals surface area contributed by atoms with Crippen LogP contribution in [0, 0.1) is 0 Å². The van der Waals surface area contributed by atoms with Gasteiger partial charge in [0.05, 0.1) is 34.3 Å². The SMILES string of the molecule is CC(C)(C)N1C=CN(c2cccc(Oc3ccc4c5cccc6c5n(c4c3)c3ncccc3c3cccc4c5ccccc5n6c43)c2)C1. The first-order valence-corrected chi connectivity index (χ1v) is 16.5. The van der Waals surface area contributed by atoms with Gasteiger partial charge >= 0.3 is 0 Å². The number of hydrogen-bond donors (Lipinski definition) is 0. The molecule has 0 aliphatic carbocycles. The topological polar surface area (TPSA) is 37.4 Å². The lowest BCUT2D eigenvalue weighted by atomic mass is 10.1. The lowest BCUT2D eigenvalue weighted by molar-refractivity contribution is 0.223. The van der Waals surface area contributed by atoms with Crippen molar-refractivity contribution >= 4 is 71.2 Å². The van der Waals surface area contributed by atoms with Crippen molar-refractivity contribution in [3.05, 3.63) is 134 Å². The molecule has 0 atom stereocenters. The van der Waals surface area contributed by atoms with Crippen LogP contribution >= 0.6 is 0 Å². The Morgan fingerprint density at radius 2 is 1.25 bits per heavy atom. The van der Waals surface area contributed by atoms with Crippen LogP contribution in [-0.2, 0) is 0 Å². The highest BCUT2D eigenvalue weighted by molar-refractivity contribution is 6.23. The fraction of sp³-hybridized carbons (Fsp3) is 0.119. The van der Waals surface area contributed by atoms with Gasteiger partial charge in [-0.25, -0.2) is 4.98 Å². The Bertz CT molecular complexity index is 2800. The minimum Gasteiger partial charge on any atom is -0.457 e. The Kier molecular flexibility index (Phi) is 5.51. The molecule has 6 nitrogen and oxygen atoms in total. The van der Waals surface area contributed by atoms with Gasteiger partial charge < -0.3 is 18.9 Å². The van der Waals surface area contributed by atoms with Gasteiger partial charge in [-0.3, -0.25) is 4.40 Å². The summed E-state index contributed by atoms with van der Waals surface area (Å²) in [5.41, 5.74) is 7.80. The molecule has 6 heteroatoms. The Morgan fingerprint density at radius 3 is 2.10 bits per heavy atom. The zero-order valence-electron chi connectivity index (χ0n) is 27.1. The Hall–Kier alpha value is -6.01. The van der Waals surface area contributed by atoms with Gasteiger partial charge in [-0.1, -0.05) is 54.6 Å². The molecule has 232 valence electrons. The average molecular weight is 624 g/mol. The summed E-state index contributed by atoms with van der Waals surface area (Å²) in [6, 6.07) is 41.0. The van der Waals surface area contributed by atoms with E-state index < -0.39 is 0 Å². The zero-order valence-corrected chi connectivity index (χ0v) is 27.1. The predicted octanol–water partition coefficient (Wildman–Crippen LogP) is 10.5. The maximum absolute atomic E-state index is 6.61. The minimum absolute atomic E-state index is 0.0591. The van der Waals surface area contributed by atoms with Gasteiger partial charge in [-0.15, -0.1) is 0 Å². The van der Waals surface area contributed by atoms with Crippen LogP contribution < -0.4 is 9.64 Å². The molecule has 0 radical (unpaired) electrons. The molecule has 1 aliphatic heterocycles. The van der Waals surface area contributed by atoms with Gasteiger partial charge in [-0.05, 0) is 69.3 Å². The first-order valence-electron chi connectivity index (χ1n) is 16.5. The quantitative estimate of drug-likeness (QED) is 0.196. The van der Waals surface area contributed by atoms with E-state index in [0.29, 0.717) is 0 Å². The summed E-state index contributed by atoms with van der Waals surface area (Å²) in [5.74, 6) is 1.58. The molecule has 0 spiro atoms. The van der Waals surface area contributed by atoms with Crippen LogP contribution in [0.2, 0.25) is 0 Å². The molecule has 9 aromatic rings. The third kappa shape index (κ3) is 3.83. The molecule has 1 aliphatic rings. The fourth-order valence-corrected chi connectivity index (χ4v) is 7.65. The first-order chi connectivity index (χ1) is 23.4. The van der Waals surface area contributed by atoms with Crippen LogP contribution in [0.4, 0.5) is 5.69 Å². The maximum atomic E-state index is 6.61. The average Bonchev–Trinajstić information content (AvgIpc) is 3.81. The summed E-state index contributed by atoms with van der Waals surface area (Å²) in [6.45, 7) is 7.50. The van der Waals surface area contributed by atoms with Gasteiger partial charge in [0.2, 0.25) is 0 Å². The van der Waals surface area contributed by atoms with E-state index in [0.717, 1.165) is 56.8 Å². The molecule has 4 aromatic heterocycles. The predicted molar refractivity (Wildman–Crippen MR) is 198 cm³/mol. The molecule has 0 saturated carbocycles. The number of para-hydroxylation sites is 3. The number of hydrogen-bond acceptors (Lipinski definition) is 4. The van der Waals surface area contributed by atoms with E-state index in [1.807, 2.05) is 18.3 Å². The van der Waals surface area contributed by atoms with Crippen LogP contribution in [-0.4, -0.2) is 30.9 Å². The van der Waals surface area contributed by atoms with Crippen LogP contribution in [0.1, 0.15) is 20.8 Å². The van der Waals surface area contributed by atoms with Crippen molar-refractivity contribution in [2.75, 3.05) is 11.6 Å². The highest BCUT2D eigenvalue weighted by atomic mass is 16.5. The summed E-state index contributed by atoms with van der Waals surface area (Å²) >= 11 is 0. The number of anilines is 1. The number of rotatable bonds is 3. The van der Waals surface area contributed by atoms with Crippen LogP contribution in [0.25, 0.3) is 65.5 Å². The standard InChI is InChI=1S/C42H33N5O/c1-42(2,3)45-23-22-44(26-45)27-10-6-11-28(24-27)48-29-19-20-31-33-15-8-18-37-40(33)47(38(31)25-29)41-35(16-9-21-43-41)34-14-7-13-32-30-12-4-5-17-36(30)46(37)39(32)34/h4-25H,26H2,1-3H3. The van der Waals surface area contributed by atoms with E-state index in [1.54, 1.807) is 0 Å². The second kappa shape index (κ2) is 9.75. The van der Waals surface area contributed by atoms with Crippen molar-refractivity contribution in [2.24, 2.45) is 0 Å². The van der Waals surface area contributed by atoms with E-state index in [2.05, 4.69) is 155 Å². The van der Waals surface area contributed by atoms with Crippen molar-refractivity contribution in [2.45, 2.75) is 26.3 Å².